The summed E-state index contributed by atoms with van der Waals surface area (Å²) in [6.45, 7) is 1.92. The van der Waals surface area contributed by atoms with Gasteiger partial charge in [0.1, 0.15) is 23.2 Å². The lowest BCUT2D eigenvalue weighted by Crippen LogP contribution is -2.03. The highest BCUT2D eigenvalue weighted by atomic mass is 16.4. The Morgan fingerprint density at radius 2 is 1.63 bits per heavy atom. The van der Waals surface area contributed by atoms with E-state index in [1.165, 1.54) is 0 Å². The lowest BCUT2D eigenvalue weighted by molar-refractivity contribution is 0.0697. The van der Waals surface area contributed by atoms with E-state index in [0.29, 0.717) is 35.4 Å². The number of nitrogens with zero attached hydrogens (tertiary/aromatic N) is 5. The van der Waals surface area contributed by atoms with Crippen molar-refractivity contribution in [3.05, 3.63) is 89.6 Å². The average molecular weight is 398 g/mol. The molecule has 0 atom stereocenters. The Hall–Kier alpha value is -4.20. The Balaban J connectivity index is 1.51. The highest BCUT2D eigenvalue weighted by Crippen LogP contribution is 2.17. The second-order valence-corrected chi connectivity index (χ2v) is 6.59. The molecule has 0 bridgehead atoms. The van der Waals surface area contributed by atoms with Crippen molar-refractivity contribution in [2.45, 2.75) is 13.3 Å². The number of aromatic carboxylic acids is 1. The maximum atomic E-state index is 11.0. The number of hydrogen-bond acceptors (Lipinski definition) is 7. The van der Waals surface area contributed by atoms with Crippen LogP contribution in [0.15, 0.2) is 67.0 Å². The van der Waals surface area contributed by atoms with Crippen LogP contribution in [-0.2, 0) is 6.42 Å². The Labute approximate surface area is 172 Å². The predicted octanol–water partition coefficient (Wildman–Crippen LogP) is 3.67. The van der Waals surface area contributed by atoms with Gasteiger partial charge in [-0.1, -0.05) is 18.2 Å². The van der Waals surface area contributed by atoms with Crippen molar-refractivity contribution in [3.8, 4) is 11.5 Å². The number of benzene rings is 1. The SMILES string of the molecule is Cc1cccc(-c2nccc(Nc3ccnc(Cc4ccc(C(=O)O)cc4)n3)n2)n1. The van der Waals surface area contributed by atoms with Crippen LogP contribution in [0.25, 0.3) is 11.5 Å². The molecule has 0 saturated carbocycles. The highest BCUT2D eigenvalue weighted by Gasteiger charge is 2.07. The van der Waals surface area contributed by atoms with E-state index in [4.69, 9.17) is 5.11 Å². The number of carboxylic acid groups (broad SMARTS) is 1. The third-order valence-corrected chi connectivity index (χ3v) is 4.30. The molecular weight excluding hydrogens is 380 g/mol. The molecule has 0 unspecified atom stereocenters. The van der Waals surface area contributed by atoms with Crippen LogP contribution in [0.3, 0.4) is 0 Å². The molecule has 0 aliphatic heterocycles. The number of carbonyl (C=O) groups is 1. The molecule has 0 saturated heterocycles. The van der Waals surface area contributed by atoms with Gasteiger partial charge in [0.15, 0.2) is 5.82 Å². The van der Waals surface area contributed by atoms with Crippen molar-refractivity contribution in [1.29, 1.82) is 0 Å². The molecule has 8 nitrogen and oxygen atoms in total. The molecule has 3 aromatic heterocycles. The van der Waals surface area contributed by atoms with Crippen LogP contribution in [0.1, 0.15) is 27.4 Å². The molecule has 8 heteroatoms. The summed E-state index contributed by atoms with van der Waals surface area (Å²) in [4.78, 5) is 33.1. The second kappa shape index (κ2) is 8.44. The number of aryl methyl sites for hydroxylation is 1. The Morgan fingerprint density at radius 1 is 0.900 bits per heavy atom. The Bertz CT molecular complexity index is 1190. The summed E-state index contributed by atoms with van der Waals surface area (Å²) in [5, 5.41) is 12.2. The first-order valence-corrected chi connectivity index (χ1v) is 9.25. The van der Waals surface area contributed by atoms with Gasteiger partial charge in [0.05, 0.1) is 5.56 Å². The molecule has 4 rings (SSSR count). The van der Waals surface area contributed by atoms with Crippen molar-refractivity contribution in [2.24, 2.45) is 0 Å². The van der Waals surface area contributed by atoms with Crippen LogP contribution in [0.4, 0.5) is 11.6 Å². The largest absolute Gasteiger partial charge is 0.478 e. The summed E-state index contributed by atoms with van der Waals surface area (Å²) in [6.07, 6.45) is 3.82. The highest BCUT2D eigenvalue weighted by molar-refractivity contribution is 5.87. The number of rotatable bonds is 6. The lowest BCUT2D eigenvalue weighted by atomic mass is 10.1. The minimum absolute atomic E-state index is 0.248. The molecule has 0 spiro atoms. The van der Waals surface area contributed by atoms with Crippen LogP contribution in [0.5, 0.6) is 0 Å². The molecular formula is C22H18N6O2. The maximum Gasteiger partial charge on any atom is 0.335 e. The van der Waals surface area contributed by atoms with Gasteiger partial charge < -0.3 is 10.4 Å². The monoisotopic (exact) mass is 398 g/mol. The van der Waals surface area contributed by atoms with E-state index >= 15 is 0 Å². The molecule has 4 aromatic rings. The van der Waals surface area contributed by atoms with E-state index in [-0.39, 0.29) is 5.56 Å². The summed E-state index contributed by atoms with van der Waals surface area (Å²) >= 11 is 0. The van der Waals surface area contributed by atoms with Crippen molar-refractivity contribution in [1.82, 2.24) is 24.9 Å². The van der Waals surface area contributed by atoms with E-state index in [2.05, 4.69) is 30.2 Å². The summed E-state index contributed by atoms with van der Waals surface area (Å²) in [7, 11) is 0. The number of nitrogens with one attached hydrogen (secondary N) is 1. The summed E-state index contributed by atoms with van der Waals surface area (Å²) in [5.41, 5.74) is 2.77. The number of aromatic nitrogens is 5. The maximum absolute atomic E-state index is 11.0. The van der Waals surface area contributed by atoms with Crippen LogP contribution < -0.4 is 5.32 Å². The zero-order valence-corrected chi connectivity index (χ0v) is 16.1. The van der Waals surface area contributed by atoms with Crippen LogP contribution >= 0.6 is 0 Å². The fraction of sp³-hybridized carbons (Fsp3) is 0.0909. The van der Waals surface area contributed by atoms with E-state index in [0.717, 1.165) is 11.3 Å². The van der Waals surface area contributed by atoms with Gasteiger partial charge in [-0.2, -0.15) is 0 Å². The van der Waals surface area contributed by atoms with Gasteiger partial charge in [-0.25, -0.2) is 29.7 Å². The fourth-order valence-corrected chi connectivity index (χ4v) is 2.85. The third kappa shape index (κ3) is 4.61. The quantitative estimate of drug-likeness (QED) is 0.506. The third-order valence-electron chi connectivity index (χ3n) is 4.30. The van der Waals surface area contributed by atoms with Gasteiger partial charge in [-0.3, -0.25) is 0 Å². The van der Waals surface area contributed by atoms with E-state index in [1.807, 2.05) is 25.1 Å². The first-order chi connectivity index (χ1) is 14.6. The van der Waals surface area contributed by atoms with Gasteiger partial charge >= 0.3 is 5.97 Å². The molecule has 0 amide bonds. The molecule has 3 heterocycles. The first kappa shape index (κ1) is 19.1. The Morgan fingerprint density at radius 3 is 2.37 bits per heavy atom. The fourth-order valence-electron chi connectivity index (χ4n) is 2.85. The van der Waals surface area contributed by atoms with E-state index in [1.54, 1.807) is 48.8 Å². The summed E-state index contributed by atoms with van der Waals surface area (Å²) in [6, 6.07) is 15.9. The summed E-state index contributed by atoms with van der Waals surface area (Å²) < 4.78 is 0. The molecule has 0 aliphatic carbocycles. The normalized spacial score (nSPS) is 10.6. The van der Waals surface area contributed by atoms with Crippen molar-refractivity contribution in [2.75, 3.05) is 5.32 Å². The molecule has 148 valence electrons. The molecule has 30 heavy (non-hydrogen) atoms. The molecule has 1 aromatic carbocycles. The van der Waals surface area contributed by atoms with E-state index in [9.17, 15) is 4.79 Å². The number of hydrogen-bond donors (Lipinski definition) is 2. The average Bonchev–Trinajstić information content (AvgIpc) is 2.75. The van der Waals surface area contributed by atoms with Crippen LogP contribution in [-0.4, -0.2) is 36.0 Å². The number of carboxylic acids is 1. The van der Waals surface area contributed by atoms with Crippen molar-refractivity contribution < 1.29 is 9.90 Å². The van der Waals surface area contributed by atoms with Crippen LogP contribution in [0, 0.1) is 6.92 Å². The standard InChI is InChI=1S/C22H18N6O2/c1-14-3-2-4-17(25-14)21-24-12-10-19(28-21)26-18-9-11-23-20(27-18)13-15-5-7-16(8-6-15)22(29)30/h2-12H,13H2,1H3,(H,29,30)(H,23,24,26,27,28). The van der Waals surface area contributed by atoms with Gasteiger partial charge in [0.25, 0.3) is 0 Å². The van der Waals surface area contributed by atoms with Crippen molar-refractivity contribution in [3.63, 3.8) is 0 Å². The predicted molar refractivity (Wildman–Crippen MR) is 112 cm³/mol. The minimum Gasteiger partial charge on any atom is -0.478 e. The molecule has 0 radical (unpaired) electrons. The van der Waals surface area contributed by atoms with Gasteiger partial charge in [0, 0.05) is 24.5 Å². The van der Waals surface area contributed by atoms with Gasteiger partial charge in [-0.05, 0) is 48.9 Å². The molecule has 2 N–H and O–H groups in total. The smallest absolute Gasteiger partial charge is 0.335 e. The van der Waals surface area contributed by atoms with E-state index < -0.39 is 5.97 Å². The first-order valence-electron chi connectivity index (χ1n) is 9.25. The summed E-state index contributed by atoms with van der Waals surface area (Å²) in [5.74, 6) is 1.38. The molecule has 0 fully saturated rings. The minimum atomic E-state index is -0.950. The Kier molecular flexibility index (Phi) is 5.38. The number of pyridine rings is 1. The second-order valence-electron chi connectivity index (χ2n) is 6.59. The van der Waals surface area contributed by atoms with Crippen molar-refractivity contribution >= 4 is 17.6 Å². The zero-order valence-electron chi connectivity index (χ0n) is 16.1. The van der Waals surface area contributed by atoms with Crippen LogP contribution in [0.2, 0.25) is 0 Å². The zero-order chi connectivity index (χ0) is 20.9. The number of anilines is 2. The topological polar surface area (TPSA) is 114 Å². The van der Waals surface area contributed by atoms with Gasteiger partial charge in [0.2, 0.25) is 0 Å². The van der Waals surface area contributed by atoms with Gasteiger partial charge in [-0.15, -0.1) is 0 Å². The lowest BCUT2D eigenvalue weighted by Gasteiger charge is -2.08. The molecule has 0 aliphatic rings.